The fourth-order valence-electron chi connectivity index (χ4n) is 2.09. The van der Waals surface area contributed by atoms with Gasteiger partial charge in [0.15, 0.2) is 5.82 Å². The van der Waals surface area contributed by atoms with E-state index >= 15 is 0 Å². The van der Waals surface area contributed by atoms with Gasteiger partial charge < -0.3 is 0 Å². The number of halogens is 2. The van der Waals surface area contributed by atoms with E-state index in [0.717, 1.165) is 16.7 Å². The molecule has 0 saturated carbocycles. The molecule has 0 fully saturated rings. The number of hydrogen-bond acceptors (Lipinski definition) is 2. The highest BCUT2D eigenvalue weighted by molar-refractivity contribution is 14.1. The minimum atomic E-state index is -0.228. The van der Waals surface area contributed by atoms with Crippen molar-refractivity contribution in [2.75, 3.05) is 0 Å². The monoisotopic (exact) mass is 393 g/mol. The summed E-state index contributed by atoms with van der Waals surface area (Å²) < 4.78 is 16.2. The molecule has 0 bridgehead atoms. The zero-order valence-corrected chi connectivity index (χ0v) is 13.6. The van der Waals surface area contributed by atoms with Crippen molar-refractivity contribution in [2.45, 2.75) is 13.5 Å². The topological polar surface area (TPSA) is 30.7 Å². The Morgan fingerprint density at radius 1 is 1.14 bits per heavy atom. The molecule has 3 rings (SSSR count). The molecule has 2 aromatic carbocycles. The maximum Gasteiger partial charge on any atom is 0.181 e. The van der Waals surface area contributed by atoms with E-state index < -0.39 is 0 Å². The van der Waals surface area contributed by atoms with E-state index in [-0.39, 0.29) is 5.82 Å². The summed E-state index contributed by atoms with van der Waals surface area (Å²) in [5, 5.41) is 4.46. The number of aromatic nitrogens is 3. The highest BCUT2D eigenvalue weighted by Crippen LogP contribution is 2.17. The Labute approximate surface area is 136 Å². The van der Waals surface area contributed by atoms with Gasteiger partial charge in [0, 0.05) is 9.13 Å². The molecule has 0 unspecified atom stereocenters. The van der Waals surface area contributed by atoms with E-state index in [2.05, 4.69) is 32.7 Å². The largest absolute Gasteiger partial charge is 0.248 e. The van der Waals surface area contributed by atoms with E-state index in [1.54, 1.807) is 23.1 Å². The van der Waals surface area contributed by atoms with Crippen molar-refractivity contribution in [1.82, 2.24) is 14.8 Å². The lowest BCUT2D eigenvalue weighted by molar-refractivity contribution is 0.618. The van der Waals surface area contributed by atoms with Crippen LogP contribution in [0.15, 0.2) is 48.8 Å². The molecule has 0 radical (unpaired) electrons. The SMILES string of the molecule is Cc1ccc(F)cc1Cn1cnc(-c2ccc(I)cc2)n1. The summed E-state index contributed by atoms with van der Waals surface area (Å²) in [6.45, 7) is 2.48. The molecule has 0 atom stereocenters. The summed E-state index contributed by atoms with van der Waals surface area (Å²) in [5.41, 5.74) is 2.93. The van der Waals surface area contributed by atoms with Gasteiger partial charge in [0.2, 0.25) is 0 Å². The average Bonchev–Trinajstić information content (AvgIpc) is 2.92. The van der Waals surface area contributed by atoms with Gasteiger partial charge in [0.05, 0.1) is 6.54 Å². The van der Waals surface area contributed by atoms with E-state index in [4.69, 9.17) is 0 Å². The third kappa shape index (κ3) is 3.29. The van der Waals surface area contributed by atoms with Crippen molar-refractivity contribution in [3.05, 3.63) is 69.3 Å². The first-order chi connectivity index (χ1) is 10.1. The molecule has 0 amide bonds. The Morgan fingerprint density at radius 2 is 1.90 bits per heavy atom. The fourth-order valence-corrected chi connectivity index (χ4v) is 2.45. The summed E-state index contributed by atoms with van der Waals surface area (Å²) >= 11 is 2.26. The maximum atomic E-state index is 13.3. The third-order valence-corrected chi connectivity index (χ3v) is 4.00. The molecule has 3 nitrogen and oxygen atoms in total. The predicted octanol–water partition coefficient (Wildman–Crippen LogP) is 4.05. The van der Waals surface area contributed by atoms with Crippen LogP contribution in [-0.4, -0.2) is 14.8 Å². The number of benzene rings is 2. The molecular formula is C16H13FIN3. The van der Waals surface area contributed by atoms with Gasteiger partial charge in [-0.25, -0.2) is 14.1 Å². The first-order valence-electron chi connectivity index (χ1n) is 6.52. The third-order valence-electron chi connectivity index (χ3n) is 3.28. The minimum absolute atomic E-state index is 0.228. The van der Waals surface area contributed by atoms with Gasteiger partial charge in [0.1, 0.15) is 12.1 Å². The van der Waals surface area contributed by atoms with Crippen molar-refractivity contribution >= 4 is 22.6 Å². The Kier molecular flexibility index (Phi) is 4.01. The first kappa shape index (κ1) is 14.2. The number of nitrogens with zero attached hydrogens (tertiary/aromatic N) is 3. The second-order valence-electron chi connectivity index (χ2n) is 4.84. The van der Waals surface area contributed by atoms with Crippen LogP contribution in [0.25, 0.3) is 11.4 Å². The van der Waals surface area contributed by atoms with Crippen molar-refractivity contribution in [1.29, 1.82) is 0 Å². The molecule has 1 heterocycles. The van der Waals surface area contributed by atoms with Crippen LogP contribution in [0, 0.1) is 16.3 Å². The van der Waals surface area contributed by atoms with Gasteiger partial charge in [-0.2, -0.15) is 5.10 Å². The number of hydrogen-bond donors (Lipinski definition) is 0. The summed E-state index contributed by atoms with van der Waals surface area (Å²) in [6, 6.07) is 12.8. The van der Waals surface area contributed by atoms with Gasteiger partial charge in [-0.05, 0) is 64.9 Å². The molecule has 0 aliphatic rings. The van der Waals surface area contributed by atoms with Crippen LogP contribution in [0.3, 0.4) is 0 Å². The van der Waals surface area contributed by atoms with E-state index in [1.165, 1.54) is 9.64 Å². The zero-order chi connectivity index (χ0) is 14.8. The van der Waals surface area contributed by atoms with Gasteiger partial charge in [-0.3, -0.25) is 0 Å². The average molecular weight is 393 g/mol. The van der Waals surface area contributed by atoms with Crippen LogP contribution < -0.4 is 0 Å². The van der Waals surface area contributed by atoms with Crippen molar-refractivity contribution in [3.8, 4) is 11.4 Å². The van der Waals surface area contributed by atoms with E-state index in [9.17, 15) is 4.39 Å². The molecule has 0 saturated heterocycles. The molecule has 3 aromatic rings. The molecule has 0 N–H and O–H groups in total. The first-order valence-corrected chi connectivity index (χ1v) is 7.60. The standard InChI is InChI=1S/C16H13FIN3/c1-11-2-5-14(17)8-13(11)9-21-10-19-16(20-21)12-3-6-15(18)7-4-12/h2-8,10H,9H2,1H3. The van der Waals surface area contributed by atoms with Crippen LogP contribution >= 0.6 is 22.6 Å². The van der Waals surface area contributed by atoms with Gasteiger partial charge >= 0.3 is 0 Å². The second-order valence-corrected chi connectivity index (χ2v) is 6.09. The summed E-state index contributed by atoms with van der Waals surface area (Å²) in [7, 11) is 0. The van der Waals surface area contributed by atoms with E-state index in [0.29, 0.717) is 12.4 Å². The summed E-state index contributed by atoms with van der Waals surface area (Å²) in [4.78, 5) is 4.32. The molecule has 5 heteroatoms. The Balaban J connectivity index is 1.85. The molecule has 21 heavy (non-hydrogen) atoms. The highest BCUT2D eigenvalue weighted by atomic mass is 127. The molecule has 0 aliphatic heterocycles. The minimum Gasteiger partial charge on any atom is -0.248 e. The van der Waals surface area contributed by atoms with Gasteiger partial charge in [-0.15, -0.1) is 0 Å². The predicted molar refractivity (Wildman–Crippen MR) is 88.4 cm³/mol. The van der Waals surface area contributed by atoms with Crippen LogP contribution in [0.2, 0.25) is 0 Å². The quantitative estimate of drug-likeness (QED) is 0.629. The van der Waals surface area contributed by atoms with Gasteiger partial charge in [-0.1, -0.05) is 18.2 Å². The summed E-state index contributed by atoms with van der Waals surface area (Å²) in [5.74, 6) is 0.453. The second kappa shape index (κ2) is 5.93. The Hall–Kier alpha value is -1.76. The van der Waals surface area contributed by atoms with Crippen LogP contribution in [0.4, 0.5) is 4.39 Å². The summed E-state index contributed by atoms with van der Waals surface area (Å²) in [6.07, 6.45) is 1.68. The molecule has 106 valence electrons. The number of aryl methyl sites for hydroxylation is 1. The number of rotatable bonds is 3. The Bertz CT molecular complexity index is 765. The normalized spacial score (nSPS) is 10.8. The van der Waals surface area contributed by atoms with Crippen LogP contribution in [-0.2, 0) is 6.54 Å². The van der Waals surface area contributed by atoms with Crippen molar-refractivity contribution in [3.63, 3.8) is 0 Å². The van der Waals surface area contributed by atoms with Crippen molar-refractivity contribution < 1.29 is 4.39 Å². The van der Waals surface area contributed by atoms with E-state index in [1.807, 2.05) is 31.2 Å². The van der Waals surface area contributed by atoms with Crippen molar-refractivity contribution in [2.24, 2.45) is 0 Å². The molecule has 0 spiro atoms. The lowest BCUT2D eigenvalue weighted by Gasteiger charge is -2.05. The molecular weight excluding hydrogens is 380 g/mol. The molecule has 1 aromatic heterocycles. The van der Waals surface area contributed by atoms with Crippen LogP contribution in [0.1, 0.15) is 11.1 Å². The lowest BCUT2D eigenvalue weighted by Crippen LogP contribution is -2.02. The zero-order valence-electron chi connectivity index (χ0n) is 11.4. The Morgan fingerprint density at radius 3 is 2.67 bits per heavy atom. The fraction of sp³-hybridized carbons (Fsp3) is 0.125. The highest BCUT2D eigenvalue weighted by Gasteiger charge is 2.06. The smallest absolute Gasteiger partial charge is 0.181 e. The lowest BCUT2D eigenvalue weighted by atomic mass is 10.1. The van der Waals surface area contributed by atoms with Gasteiger partial charge in [0.25, 0.3) is 0 Å². The molecule has 0 aliphatic carbocycles. The maximum absolute atomic E-state index is 13.3. The van der Waals surface area contributed by atoms with Crippen LogP contribution in [0.5, 0.6) is 0 Å².